The Morgan fingerprint density at radius 2 is 1.94 bits per heavy atom. The summed E-state index contributed by atoms with van der Waals surface area (Å²) < 4.78 is 17.9. The van der Waals surface area contributed by atoms with Gasteiger partial charge in [0.15, 0.2) is 18.1 Å². The second-order valence-corrected chi connectivity index (χ2v) is 7.02. The van der Waals surface area contributed by atoms with Crippen LogP contribution in [-0.2, 0) is 4.79 Å². The van der Waals surface area contributed by atoms with E-state index in [9.17, 15) is 4.79 Å². The molecule has 0 radical (unpaired) electrons. The lowest BCUT2D eigenvalue weighted by Gasteiger charge is -2.09. The second kappa shape index (κ2) is 9.97. The van der Waals surface area contributed by atoms with Crippen molar-refractivity contribution in [2.45, 2.75) is 0 Å². The number of aromatic nitrogens is 4. The summed E-state index contributed by atoms with van der Waals surface area (Å²) in [4.78, 5) is 12.0. The summed E-state index contributed by atoms with van der Waals surface area (Å²) in [5.41, 5.74) is 1.40. The Bertz CT molecular complexity index is 1230. The minimum absolute atomic E-state index is 0.140. The number of benzene rings is 2. The van der Waals surface area contributed by atoms with E-state index in [-0.39, 0.29) is 25.7 Å². The molecule has 4 rings (SSSR count). The summed E-state index contributed by atoms with van der Waals surface area (Å²) in [5, 5.41) is 16.0. The summed E-state index contributed by atoms with van der Waals surface area (Å²) in [6.07, 6.45) is 0. The number of methoxy groups -OCH3 is 1. The van der Waals surface area contributed by atoms with E-state index in [1.807, 2.05) is 24.3 Å². The molecule has 0 bridgehead atoms. The number of carbonyl (C=O) groups is 1. The van der Waals surface area contributed by atoms with Crippen LogP contribution < -0.4 is 19.5 Å². The van der Waals surface area contributed by atoms with Crippen LogP contribution in [0, 0.1) is 0 Å². The molecule has 0 aliphatic heterocycles. The zero-order valence-electron chi connectivity index (χ0n) is 17.2. The number of amides is 1. The van der Waals surface area contributed by atoms with Gasteiger partial charge in [-0.25, -0.2) is 0 Å². The van der Waals surface area contributed by atoms with Crippen molar-refractivity contribution in [2.24, 2.45) is 0 Å². The van der Waals surface area contributed by atoms with Gasteiger partial charge in [-0.1, -0.05) is 35.9 Å². The molecule has 2 aromatic heterocycles. The van der Waals surface area contributed by atoms with Crippen LogP contribution in [0.1, 0.15) is 0 Å². The maximum absolute atomic E-state index is 12.0. The van der Waals surface area contributed by atoms with Crippen LogP contribution in [0.2, 0.25) is 5.02 Å². The molecular weight excluding hydrogens is 434 g/mol. The van der Waals surface area contributed by atoms with E-state index < -0.39 is 0 Å². The third-order valence-corrected chi connectivity index (χ3v) is 4.75. The van der Waals surface area contributed by atoms with Crippen LogP contribution in [0.4, 0.5) is 0 Å². The molecule has 0 aliphatic carbocycles. The zero-order valence-corrected chi connectivity index (χ0v) is 18.0. The lowest BCUT2D eigenvalue weighted by Crippen LogP contribution is -2.32. The molecule has 0 aliphatic rings. The number of fused-ring (bicyclic) bond motifs is 1. The molecule has 2 heterocycles. The Balaban J connectivity index is 1.32. The van der Waals surface area contributed by atoms with E-state index in [1.165, 1.54) is 0 Å². The molecule has 0 spiro atoms. The van der Waals surface area contributed by atoms with Crippen LogP contribution in [0.15, 0.2) is 60.7 Å². The van der Waals surface area contributed by atoms with E-state index in [1.54, 1.807) is 48.0 Å². The minimum atomic E-state index is -0.281. The molecule has 2 aromatic carbocycles. The smallest absolute Gasteiger partial charge is 0.258 e. The van der Waals surface area contributed by atoms with E-state index in [2.05, 4.69) is 20.6 Å². The molecular formula is C22H20ClN5O4. The van der Waals surface area contributed by atoms with Crippen molar-refractivity contribution in [1.29, 1.82) is 0 Å². The molecule has 32 heavy (non-hydrogen) atoms. The van der Waals surface area contributed by atoms with Crippen LogP contribution in [-0.4, -0.2) is 52.6 Å². The quantitative estimate of drug-likeness (QED) is 0.389. The van der Waals surface area contributed by atoms with Crippen LogP contribution in [0.5, 0.6) is 17.4 Å². The fraction of sp³-hybridized carbons (Fsp3) is 0.182. The number of ether oxygens (including phenoxy) is 3. The van der Waals surface area contributed by atoms with Crippen molar-refractivity contribution in [3.8, 4) is 28.8 Å². The Morgan fingerprint density at radius 3 is 2.78 bits per heavy atom. The van der Waals surface area contributed by atoms with Gasteiger partial charge in [0.05, 0.1) is 18.7 Å². The molecule has 9 nitrogen and oxygen atoms in total. The number of hydrogen-bond donors (Lipinski definition) is 1. The molecule has 4 aromatic rings. The van der Waals surface area contributed by atoms with Crippen molar-refractivity contribution < 1.29 is 19.0 Å². The van der Waals surface area contributed by atoms with E-state index >= 15 is 0 Å². The third kappa shape index (κ3) is 5.06. The van der Waals surface area contributed by atoms with Crippen LogP contribution in [0.3, 0.4) is 0 Å². The number of para-hydroxylation sites is 1. The fourth-order valence-electron chi connectivity index (χ4n) is 2.89. The molecule has 164 valence electrons. The largest absolute Gasteiger partial charge is 0.497 e. The Kier molecular flexibility index (Phi) is 6.66. The number of hydrogen-bond acceptors (Lipinski definition) is 7. The molecule has 1 amide bonds. The summed E-state index contributed by atoms with van der Waals surface area (Å²) in [6.45, 7) is 0.376. The monoisotopic (exact) mass is 453 g/mol. The van der Waals surface area contributed by atoms with E-state index in [4.69, 9.17) is 25.8 Å². The van der Waals surface area contributed by atoms with Crippen molar-refractivity contribution in [3.05, 3.63) is 65.7 Å². The van der Waals surface area contributed by atoms with Crippen LogP contribution in [0.25, 0.3) is 17.0 Å². The molecule has 10 heteroatoms. The average molecular weight is 454 g/mol. The molecule has 0 unspecified atom stereocenters. The standard InChI is InChI=1S/C22H20ClN5O4/c1-30-16-6-4-5-15(13-16)22-26-25-19-9-10-21(27-28(19)22)31-12-11-24-20(29)14-32-18-8-3-2-7-17(18)23/h2-10,13H,11-12,14H2,1H3,(H,24,29). The Morgan fingerprint density at radius 1 is 1.06 bits per heavy atom. The van der Waals surface area contributed by atoms with E-state index in [0.717, 1.165) is 5.56 Å². The normalized spacial score (nSPS) is 10.7. The van der Waals surface area contributed by atoms with Gasteiger partial charge in [-0.15, -0.1) is 15.3 Å². The molecule has 0 saturated carbocycles. The summed E-state index contributed by atoms with van der Waals surface area (Å²) >= 11 is 6.00. The molecule has 0 atom stereocenters. The maximum atomic E-state index is 12.0. The summed E-state index contributed by atoms with van der Waals surface area (Å²) in [7, 11) is 1.60. The van der Waals surface area contributed by atoms with Gasteiger partial charge in [0.1, 0.15) is 18.1 Å². The van der Waals surface area contributed by atoms with E-state index in [0.29, 0.717) is 33.9 Å². The lowest BCUT2D eigenvalue weighted by atomic mass is 10.2. The SMILES string of the molecule is COc1cccc(-c2nnc3ccc(OCCNC(=O)COc4ccccc4Cl)nn23)c1. The maximum Gasteiger partial charge on any atom is 0.258 e. The Labute approximate surface area is 188 Å². The van der Waals surface area contributed by atoms with Crippen molar-refractivity contribution in [3.63, 3.8) is 0 Å². The fourth-order valence-corrected chi connectivity index (χ4v) is 3.08. The predicted octanol–water partition coefficient (Wildman–Crippen LogP) is 3.03. The van der Waals surface area contributed by atoms with Gasteiger partial charge in [-0.05, 0) is 30.3 Å². The van der Waals surface area contributed by atoms with Gasteiger partial charge in [-0.3, -0.25) is 4.79 Å². The molecule has 0 fully saturated rings. The highest BCUT2D eigenvalue weighted by molar-refractivity contribution is 6.32. The van der Waals surface area contributed by atoms with Crippen LogP contribution >= 0.6 is 11.6 Å². The summed E-state index contributed by atoms with van der Waals surface area (Å²) in [6, 6.07) is 17.9. The van der Waals surface area contributed by atoms with Gasteiger partial charge in [0, 0.05) is 11.6 Å². The number of nitrogens with one attached hydrogen (secondary N) is 1. The first kappa shape index (κ1) is 21.4. The first-order valence-corrected chi connectivity index (χ1v) is 10.2. The number of nitrogens with zero attached hydrogens (tertiary/aromatic N) is 4. The number of rotatable bonds is 9. The molecule has 1 N–H and O–H groups in total. The second-order valence-electron chi connectivity index (χ2n) is 6.61. The predicted molar refractivity (Wildman–Crippen MR) is 118 cm³/mol. The average Bonchev–Trinajstić information content (AvgIpc) is 3.25. The number of carbonyl (C=O) groups excluding carboxylic acids is 1. The van der Waals surface area contributed by atoms with Gasteiger partial charge in [0.2, 0.25) is 5.88 Å². The van der Waals surface area contributed by atoms with Gasteiger partial charge in [0.25, 0.3) is 5.91 Å². The lowest BCUT2D eigenvalue weighted by molar-refractivity contribution is -0.123. The molecule has 0 saturated heterocycles. The summed E-state index contributed by atoms with van der Waals surface area (Å²) in [5.74, 6) is 1.83. The zero-order chi connectivity index (χ0) is 22.3. The first-order valence-electron chi connectivity index (χ1n) is 9.78. The van der Waals surface area contributed by atoms with Gasteiger partial charge < -0.3 is 19.5 Å². The third-order valence-electron chi connectivity index (χ3n) is 4.44. The Hall–Kier alpha value is -3.85. The van der Waals surface area contributed by atoms with Gasteiger partial charge >= 0.3 is 0 Å². The van der Waals surface area contributed by atoms with Crippen molar-refractivity contribution >= 4 is 23.2 Å². The number of halogens is 1. The highest BCUT2D eigenvalue weighted by atomic mass is 35.5. The highest BCUT2D eigenvalue weighted by Crippen LogP contribution is 2.24. The first-order chi connectivity index (χ1) is 15.6. The minimum Gasteiger partial charge on any atom is -0.497 e. The topological polar surface area (TPSA) is 99.9 Å². The van der Waals surface area contributed by atoms with Crippen molar-refractivity contribution in [1.82, 2.24) is 25.1 Å². The highest BCUT2D eigenvalue weighted by Gasteiger charge is 2.11. The van der Waals surface area contributed by atoms with Crippen molar-refractivity contribution in [2.75, 3.05) is 26.9 Å². The van der Waals surface area contributed by atoms with Gasteiger partial charge in [-0.2, -0.15) is 4.52 Å².